The van der Waals surface area contributed by atoms with E-state index in [-0.39, 0.29) is 23.8 Å². The molecule has 2 aromatic carbocycles. The molecule has 0 unspecified atom stereocenters. The average Bonchev–Trinajstić information content (AvgIpc) is 2.71. The van der Waals surface area contributed by atoms with E-state index in [1.807, 2.05) is 32.0 Å². The number of nitrogens with zero attached hydrogens (tertiary/aromatic N) is 3. The lowest BCUT2D eigenvalue weighted by Gasteiger charge is -2.23. The van der Waals surface area contributed by atoms with Crippen molar-refractivity contribution >= 4 is 21.6 Å². The highest BCUT2D eigenvalue weighted by Gasteiger charge is 2.23. The molecule has 154 valence electrons. The molecule has 0 saturated heterocycles. The summed E-state index contributed by atoms with van der Waals surface area (Å²) >= 11 is 0. The first-order valence-corrected chi connectivity index (χ1v) is 11.1. The molecule has 29 heavy (non-hydrogen) atoms. The Labute approximate surface area is 173 Å². The van der Waals surface area contributed by atoms with Crippen LogP contribution in [-0.4, -0.2) is 38.3 Å². The van der Waals surface area contributed by atoms with Gasteiger partial charge in [0.1, 0.15) is 0 Å². The van der Waals surface area contributed by atoms with Crippen LogP contribution in [0, 0.1) is 25.2 Å². The summed E-state index contributed by atoms with van der Waals surface area (Å²) < 4.78 is 26.6. The van der Waals surface area contributed by atoms with E-state index in [0.717, 1.165) is 11.1 Å². The fourth-order valence-corrected chi connectivity index (χ4v) is 4.50. The van der Waals surface area contributed by atoms with Crippen LogP contribution in [0.2, 0.25) is 0 Å². The average molecular weight is 414 g/mol. The molecule has 0 bridgehead atoms. The first-order valence-electron chi connectivity index (χ1n) is 9.62. The molecule has 0 fully saturated rings. The zero-order valence-electron chi connectivity index (χ0n) is 17.3. The molecule has 0 aromatic heterocycles. The van der Waals surface area contributed by atoms with Crippen molar-refractivity contribution in [1.82, 2.24) is 4.31 Å². The topological polar surface area (TPSA) is 81.5 Å². The fourth-order valence-electron chi connectivity index (χ4n) is 3.04. The number of nitriles is 1. The first-order chi connectivity index (χ1) is 13.8. The van der Waals surface area contributed by atoms with E-state index in [4.69, 9.17) is 5.26 Å². The smallest absolute Gasteiger partial charge is 0.258 e. The van der Waals surface area contributed by atoms with Gasteiger partial charge in [-0.2, -0.15) is 9.57 Å². The molecule has 0 spiro atoms. The van der Waals surface area contributed by atoms with Gasteiger partial charge in [-0.15, -0.1) is 0 Å². The maximum Gasteiger partial charge on any atom is 0.258 e. The third-order valence-electron chi connectivity index (χ3n) is 4.94. The third-order valence-corrected chi connectivity index (χ3v) is 7.00. The molecule has 0 aliphatic rings. The molecule has 7 heteroatoms. The SMILES string of the molecule is CCN(CC)S(=O)(=O)c1ccc(C(=O)N(CCC#N)c2ccc(C)c(C)c2)cc1. The number of sulfonamides is 1. The van der Waals surface area contributed by atoms with Crippen LogP contribution in [0.5, 0.6) is 0 Å². The van der Waals surface area contributed by atoms with Crippen molar-refractivity contribution in [2.45, 2.75) is 39.0 Å². The predicted molar refractivity (Wildman–Crippen MR) is 114 cm³/mol. The first kappa shape index (κ1) is 22.6. The van der Waals surface area contributed by atoms with Crippen LogP contribution in [0.4, 0.5) is 5.69 Å². The Balaban J connectivity index is 2.36. The highest BCUT2D eigenvalue weighted by atomic mass is 32.2. The van der Waals surface area contributed by atoms with Crippen molar-refractivity contribution in [3.05, 3.63) is 59.2 Å². The third kappa shape index (κ3) is 5.03. The van der Waals surface area contributed by atoms with Gasteiger partial charge >= 0.3 is 0 Å². The summed E-state index contributed by atoms with van der Waals surface area (Å²) in [6.07, 6.45) is 0.201. The second kappa shape index (κ2) is 9.68. The van der Waals surface area contributed by atoms with Gasteiger partial charge in [-0.25, -0.2) is 8.42 Å². The van der Waals surface area contributed by atoms with E-state index >= 15 is 0 Å². The minimum Gasteiger partial charge on any atom is -0.307 e. The van der Waals surface area contributed by atoms with Gasteiger partial charge in [0.2, 0.25) is 10.0 Å². The summed E-state index contributed by atoms with van der Waals surface area (Å²) in [6, 6.07) is 13.8. The van der Waals surface area contributed by atoms with Crippen molar-refractivity contribution in [3.63, 3.8) is 0 Å². The lowest BCUT2D eigenvalue weighted by molar-refractivity contribution is 0.0987. The zero-order valence-corrected chi connectivity index (χ0v) is 18.2. The highest BCUT2D eigenvalue weighted by Crippen LogP contribution is 2.23. The van der Waals surface area contributed by atoms with Gasteiger partial charge in [0.15, 0.2) is 0 Å². The number of amides is 1. The molecule has 0 atom stereocenters. The van der Waals surface area contributed by atoms with Crippen LogP contribution in [0.3, 0.4) is 0 Å². The summed E-state index contributed by atoms with van der Waals surface area (Å²) in [5.41, 5.74) is 3.26. The summed E-state index contributed by atoms with van der Waals surface area (Å²) in [6.45, 7) is 8.57. The molecule has 0 heterocycles. The van der Waals surface area contributed by atoms with Gasteiger partial charge in [0.25, 0.3) is 5.91 Å². The van der Waals surface area contributed by atoms with Crippen LogP contribution >= 0.6 is 0 Å². The van der Waals surface area contributed by atoms with E-state index in [1.54, 1.807) is 18.7 Å². The van der Waals surface area contributed by atoms with Crippen molar-refractivity contribution in [2.24, 2.45) is 0 Å². The molecule has 0 radical (unpaired) electrons. The molecule has 0 saturated carbocycles. The van der Waals surface area contributed by atoms with Crippen molar-refractivity contribution in [3.8, 4) is 6.07 Å². The van der Waals surface area contributed by atoms with Gasteiger partial charge in [0, 0.05) is 30.9 Å². The Morgan fingerprint density at radius 3 is 2.14 bits per heavy atom. The van der Waals surface area contributed by atoms with Crippen molar-refractivity contribution in [1.29, 1.82) is 5.26 Å². The molecular weight excluding hydrogens is 386 g/mol. The number of hydrogen-bond acceptors (Lipinski definition) is 4. The zero-order chi connectivity index (χ0) is 21.6. The molecule has 0 aliphatic heterocycles. The van der Waals surface area contributed by atoms with Crippen molar-refractivity contribution < 1.29 is 13.2 Å². The molecule has 2 rings (SSSR count). The van der Waals surface area contributed by atoms with Crippen LogP contribution < -0.4 is 4.90 Å². The van der Waals surface area contributed by atoms with Crippen LogP contribution in [0.25, 0.3) is 0 Å². The second-order valence-electron chi connectivity index (χ2n) is 6.75. The summed E-state index contributed by atoms with van der Waals surface area (Å²) in [4.78, 5) is 14.8. The standard InChI is InChI=1S/C22H27N3O3S/c1-5-24(6-2)29(27,28)21-12-9-19(10-13-21)22(26)25(15-7-14-23)20-11-8-17(3)18(4)16-20/h8-13,16H,5-7,15H2,1-4H3. The minimum absolute atomic E-state index is 0.160. The summed E-state index contributed by atoms with van der Waals surface area (Å²) in [5.74, 6) is -0.268. The molecule has 0 aliphatic carbocycles. The van der Waals surface area contributed by atoms with Crippen molar-refractivity contribution in [2.75, 3.05) is 24.5 Å². The summed E-state index contributed by atoms with van der Waals surface area (Å²) in [7, 11) is -3.58. The van der Waals surface area contributed by atoms with Crippen LogP contribution in [0.1, 0.15) is 41.8 Å². The predicted octanol–water partition coefficient (Wildman–Crippen LogP) is 3.89. The Kier molecular flexibility index (Phi) is 7.54. The minimum atomic E-state index is -3.58. The number of benzene rings is 2. The largest absolute Gasteiger partial charge is 0.307 e. The van der Waals surface area contributed by atoms with Gasteiger partial charge in [0.05, 0.1) is 17.4 Å². The molecule has 1 amide bonds. The lowest BCUT2D eigenvalue weighted by Crippen LogP contribution is -2.32. The number of hydrogen-bond donors (Lipinski definition) is 0. The quantitative estimate of drug-likeness (QED) is 0.657. The Hall–Kier alpha value is -2.69. The monoisotopic (exact) mass is 413 g/mol. The highest BCUT2D eigenvalue weighted by molar-refractivity contribution is 7.89. The Bertz CT molecular complexity index is 1000. The fraction of sp³-hybridized carbons (Fsp3) is 0.364. The maximum absolute atomic E-state index is 13.1. The van der Waals surface area contributed by atoms with Gasteiger partial charge in [-0.1, -0.05) is 19.9 Å². The van der Waals surface area contributed by atoms with Gasteiger partial charge < -0.3 is 4.90 Å². The Morgan fingerprint density at radius 1 is 1.00 bits per heavy atom. The van der Waals surface area contributed by atoms with E-state index in [9.17, 15) is 13.2 Å². The van der Waals surface area contributed by atoms with E-state index < -0.39 is 10.0 Å². The number of anilines is 1. The van der Waals surface area contributed by atoms with Gasteiger partial charge in [-0.05, 0) is 61.4 Å². The number of carbonyl (C=O) groups is 1. The van der Waals surface area contributed by atoms with E-state index in [2.05, 4.69) is 6.07 Å². The van der Waals surface area contributed by atoms with Crippen LogP contribution in [-0.2, 0) is 10.0 Å². The maximum atomic E-state index is 13.1. The van der Waals surface area contributed by atoms with Gasteiger partial charge in [-0.3, -0.25) is 4.79 Å². The Morgan fingerprint density at radius 2 is 1.62 bits per heavy atom. The number of aryl methyl sites for hydroxylation is 2. The second-order valence-corrected chi connectivity index (χ2v) is 8.69. The number of rotatable bonds is 8. The number of carbonyl (C=O) groups excluding carboxylic acids is 1. The normalized spacial score (nSPS) is 11.3. The summed E-state index contributed by atoms with van der Waals surface area (Å²) in [5, 5.41) is 8.98. The molecule has 2 aromatic rings. The lowest BCUT2D eigenvalue weighted by atomic mass is 10.1. The molecule has 0 N–H and O–H groups in total. The van der Waals surface area contributed by atoms with Crippen LogP contribution in [0.15, 0.2) is 47.4 Å². The van der Waals surface area contributed by atoms with E-state index in [1.165, 1.54) is 28.6 Å². The van der Waals surface area contributed by atoms with E-state index in [0.29, 0.717) is 24.3 Å². The molecule has 6 nitrogen and oxygen atoms in total. The molecular formula is C22H27N3O3S.